The topological polar surface area (TPSA) is 78.2 Å². The molecule has 5 rings (SSSR count). The number of benzene rings is 2. The molecule has 1 amide bonds. The molecule has 1 aliphatic rings. The fraction of sp³-hybridized carbons (Fsp3) is 0.179. The molecule has 1 N–H and O–H groups in total. The van der Waals surface area contributed by atoms with Gasteiger partial charge in [0, 0.05) is 43.0 Å². The summed E-state index contributed by atoms with van der Waals surface area (Å²) in [6.45, 7) is 2.19. The summed E-state index contributed by atoms with van der Waals surface area (Å²) in [5.41, 5.74) is 3.18. The average molecular weight is 481 g/mol. The number of aromatic nitrogens is 1. The molecule has 1 aliphatic heterocycles. The molecule has 0 radical (unpaired) electrons. The van der Waals surface area contributed by atoms with Crippen LogP contribution in [0.2, 0.25) is 0 Å². The number of thiophene rings is 1. The Morgan fingerprint density at radius 2 is 1.91 bits per heavy atom. The van der Waals surface area contributed by atoms with Gasteiger partial charge in [0.15, 0.2) is 0 Å². The van der Waals surface area contributed by atoms with E-state index in [1.165, 1.54) is 16.9 Å². The van der Waals surface area contributed by atoms with Gasteiger partial charge >= 0.3 is 0 Å². The zero-order chi connectivity index (χ0) is 24.0. The Bertz CT molecular complexity index is 1360. The maximum atomic E-state index is 13.8. The van der Waals surface area contributed by atoms with Gasteiger partial charge in [-0.3, -0.25) is 4.79 Å². The molecule has 0 aliphatic carbocycles. The van der Waals surface area contributed by atoms with E-state index in [9.17, 15) is 10.1 Å². The number of hydrogen-bond acceptors (Lipinski definition) is 6. The number of nitrogens with zero attached hydrogens (tertiary/aromatic N) is 3. The second-order valence-electron chi connectivity index (χ2n) is 8.28. The molecule has 0 unspecified atom stereocenters. The zero-order valence-corrected chi connectivity index (χ0v) is 19.9. The van der Waals surface area contributed by atoms with Gasteiger partial charge in [0.05, 0.1) is 4.88 Å². The first-order chi connectivity index (χ1) is 17.2. The fourth-order valence-electron chi connectivity index (χ4n) is 4.35. The molecule has 35 heavy (non-hydrogen) atoms. The predicted octanol–water partition coefficient (Wildman–Crippen LogP) is 5.13. The first kappa shape index (κ1) is 22.8. The summed E-state index contributed by atoms with van der Waals surface area (Å²) in [6.07, 6.45) is 2.40. The van der Waals surface area contributed by atoms with Crippen LogP contribution in [-0.2, 0) is 6.42 Å². The van der Waals surface area contributed by atoms with Crippen LogP contribution in [0.3, 0.4) is 0 Å². The Labute approximate surface area is 208 Å². The van der Waals surface area contributed by atoms with Gasteiger partial charge in [-0.15, -0.1) is 11.3 Å². The third-order valence-corrected chi connectivity index (χ3v) is 6.96. The van der Waals surface area contributed by atoms with Crippen molar-refractivity contribution < 1.29 is 9.53 Å². The Hall–Kier alpha value is -3.99. The number of rotatable bonds is 6. The lowest BCUT2D eigenvalue weighted by Crippen LogP contribution is -2.54. The van der Waals surface area contributed by atoms with Crippen LogP contribution in [0.1, 0.15) is 20.8 Å². The van der Waals surface area contributed by atoms with Crippen LogP contribution in [0.5, 0.6) is 11.6 Å². The van der Waals surface area contributed by atoms with Gasteiger partial charge in [-0.05, 0) is 41.6 Å². The van der Waals surface area contributed by atoms with Crippen LogP contribution in [0.4, 0.5) is 0 Å². The number of nitrogens with one attached hydrogen (secondary N) is 1. The molecule has 0 spiro atoms. The minimum atomic E-state index is 0.0304. The van der Waals surface area contributed by atoms with Crippen molar-refractivity contribution in [2.75, 3.05) is 19.6 Å². The summed E-state index contributed by atoms with van der Waals surface area (Å²) in [5.74, 6) is 0.828. The first-order valence-electron chi connectivity index (χ1n) is 11.5. The van der Waals surface area contributed by atoms with E-state index in [-0.39, 0.29) is 17.8 Å². The van der Waals surface area contributed by atoms with Crippen molar-refractivity contribution >= 4 is 17.2 Å². The van der Waals surface area contributed by atoms with E-state index in [4.69, 9.17) is 4.74 Å². The normalized spacial score (nSPS) is 15.4. The fourth-order valence-corrected chi connectivity index (χ4v) is 5.22. The number of carbonyl (C=O) groups excluding carboxylic acids is 1. The number of hydrogen-bond donors (Lipinski definition) is 1. The van der Waals surface area contributed by atoms with E-state index in [1.54, 1.807) is 18.3 Å². The number of para-hydroxylation sites is 1. The summed E-state index contributed by atoms with van der Waals surface area (Å²) in [6, 6.07) is 25.4. The van der Waals surface area contributed by atoms with Crippen molar-refractivity contribution in [3.63, 3.8) is 0 Å². The smallest absolute Gasteiger partial charge is 0.264 e. The SMILES string of the molecule is N#Cc1cccnc1Oc1ccccc1-c1ccsc1C(=O)N1CCNC[C@H]1Cc1ccccc1. The second kappa shape index (κ2) is 10.5. The van der Waals surface area contributed by atoms with Crippen molar-refractivity contribution in [2.45, 2.75) is 12.5 Å². The lowest BCUT2D eigenvalue weighted by Gasteiger charge is -2.36. The van der Waals surface area contributed by atoms with Crippen LogP contribution in [0.15, 0.2) is 84.4 Å². The number of pyridine rings is 1. The summed E-state index contributed by atoms with van der Waals surface area (Å²) < 4.78 is 6.07. The minimum Gasteiger partial charge on any atom is -0.437 e. The molecule has 0 saturated carbocycles. The molecule has 1 fully saturated rings. The largest absolute Gasteiger partial charge is 0.437 e. The van der Waals surface area contributed by atoms with Crippen molar-refractivity contribution in [3.05, 3.63) is 100 Å². The van der Waals surface area contributed by atoms with Crippen molar-refractivity contribution in [1.29, 1.82) is 5.26 Å². The minimum absolute atomic E-state index is 0.0304. The Balaban J connectivity index is 1.45. The molecule has 6 nitrogen and oxygen atoms in total. The first-order valence-corrected chi connectivity index (χ1v) is 12.4. The third kappa shape index (κ3) is 4.94. The van der Waals surface area contributed by atoms with Crippen LogP contribution >= 0.6 is 11.3 Å². The monoisotopic (exact) mass is 480 g/mol. The highest BCUT2D eigenvalue weighted by molar-refractivity contribution is 7.12. The summed E-state index contributed by atoms with van der Waals surface area (Å²) in [5, 5.41) is 14.8. The number of nitriles is 1. The van der Waals surface area contributed by atoms with E-state index in [0.29, 0.717) is 22.7 Å². The van der Waals surface area contributed by atoms with E-state index < -0.39 is 0 Å². The van der Waals surface area contributed by atoms with Crippen molar-refractivity contribution in [2.24, 2.45) is 0 Å². The van der Waals surface area contributed by atoms with Gasteiger partial charge in [-0.2, -0.15) is 5.26 Å². The second-order valence-corrected chi connectivity index (χ2v) is 9.19. The van der Waals surface area contributed by atoms with E-state index in [1.807, 2.05) is 58.8 Å². The maximum Gasteiger partial charge on any atom is 0.264 e. The van der Waals surface area contributed by atoms with Crippen LogP contribution in [0.25, 0.3) is 11.1 Å². The van der Waals surface area contributed by atoms with Crippen LogP contribution in [0, 0.1) is 11.3 Å². The molecular formula is C28H24N4O2S. The maximum absolute atomic E-state index is 13.8. The molecule has 1 atom stereocenters. The standard InChI is InChI=1S/C28H24N4O2S/c29-18-21-9-6-13-31-27(21)34-25-11-5-4-10-23(25)24-12-16-35-26(24)28(33)32-15-14-30-19-22(32)17-20-7-2-1-3-8-20/h1-13,16,22,30H,14-15,17,19H2/t22-/m1/s1. The number of piperazine rings is 1. The summed E-state index contributed by atoms with van der Waals surface area (Å²) in [7, 11) is 0. The summed E-state index contributed by atoms with van der Waals surface area (Å²) in [4.78, 5) is 20.7. The predicted molar refractivity (Wildman–Crippen MR) is 137 cm³/mol. The van der Waals surface area contributed by atoms with Gasteiger partial charge < -0.3 is 15.0 Å². The summed E-state index contributed by atoms with van der Waals surface area (Å²) >= 11 is 1.44. The molecule has 1 saturated heterocycles. The Morgan fingerprint density at radius 3 is 2.77 bits per heavy atom. The number of amides is 1. The van der Waals surface area contributed by atoms with Crippen LogP contribution in [-0.4, -0.2) is 41.5 Å². The lowest BCUT2D eigenvalue weighted by atomic mass is 10.0. The molecule has 0 bridgehead atoms. The highest BCUT2D eigenvalue weighted by atomic mass is 32.1. The highest BCUT2D eigenvalue weighted by Gasteiger charge is 2.30. The molecule has 174 valence electrons. The highest BCUT2D eigenvalue weighted by Crippen LogP contribution is 2.38. The molecule has 3 heterocycles. The van der Waals surface area contributed by atoms with Gasteiger partial charge in [-0.25, -0.2) is 4.98 Å². The van der Waals surface area contributed by atoms with Gasteiger partial charge in [-0.1, -0.05) is 48.5 Å². The van der Waals surface area contributed by atoms with Gasteiger partial charge in [0.25, 0.3) is 5.91 Å². The van der Waals surface area contributed by atoms with Crippen molar-refractivity contribution in [1.82, 2.24) is 15.2 Å². The van der Waals surface area contributed by atoms with Gasteiger partial charge in [0.1, 0.15) is 17.4 Å². The van der Waals surface area contributed by atoms with Crippen molar-refractivity contribution in [3.8, 4) is 28.8 Å². The quantitative estimate of drug-likeness (QED) is 0.414. The lowest BCUT2D eigenvalue weighted by molar-refractivity contribution is 0.0642. The van der Waals surface area contributed by atoms with E-state index in [2.05, 4.69) is 28.5 Å². The molecular weight excluding hydrogens is 456 g/mol. The number of carbonyl (C=O) groups is 1. The van der Waals surface area contributed by atoms with E-state index in [0.717, 1.165) is 30.6 Å². The zero-order valence-electron chi connectivity index (χ0n) is 19.1. The molecule has 2 aromatic heterocycles. The molecule has 7 heteroatoms. The molecule has 4 aromatic rings. The average Bonchev–Trinajstić information content (AvgIpc) is 3.40. The Morgan fingerprint density at radius 1 is 1.09 bits per heavy atom. The number of ether oxygens (including phenoxy) is 1. The third-order valence-electron chi connectivity index (χ3n) is 6.06. The Kier molecular flexibility index (Phi) is 6.85. The van der Waals surface area contributed by atoms with Gasteiger partial charge in [0.2, 0.25) is 5.88 Å². The molecule has 2 aromatic carbocycles. The van der Waals surface area contributed by atoms with Crippen LogP contribution < -0.4 is 10.1 Å². The van der Waals surface area contributed by atoms with E-state index >= 15 is 0 Å².